The number of aromatic nitrogens is 1. The van der Waals surface area contributed by atoms with E-state index in [9.17, 15) is 9.90 Å². The molecule has 1 aromatic heterocycles. The van der Waals surface area contributed by atoms with Gasteiger partial charge < -0.3 is 25.2 Å². The smallest absolute Gasteiger partial charge is 0.404 e. The van der Waals surface area contributed by atoms with Gasteiger partial charge in [-0.25, -0.2) is 9.78 Å². The summed E-state index contributed by atoms with van der Waals surface area (Å²) in [4.78, 5) is 20.3. The van der Waals surface area contributed by atoms with Crippen molar-refractivity contribution >= 4 is 11.9 Å². The van der Waals surface area contributed by atoms with E-state index >= 15 is 0 Å². The first-order valence-corrected chi connectivity index (χ1v) is 13.7. The summed E-state index contributed by atoms with van der Waals surface area (Å²) in [6.45, 7) is 8.09. The van der Waals surface area contributed by atoms with Crippen molar-refractivity contribution < 1.29 is 19.7 Å². The zero-order chi connectivity index (χ0) is 24.7. The normalized spacial score (nSPS) is 26.2. The van der Waals surface area contributed by atoms with Gasteiger partial charge in [0.2, 0.25) is 0 Å². The van der Waals surface area contributed by atoms with Gasteiger partial charge in [-0.15, -0.1) is 0 Å². The van der Waals surface area contributed by atoms with Gasteiger partial charge in [0.15, 0.2) is 0 Å². The topological polar surface area (TPSA) is 98.2 Å². The Balaban J connectivity index is 0.000000308. The fourth-order valence-electron chi connectivity index (χ4n) is 6.00. The van der Waals surface area contributed by atoms with E-state index in [0.29, 0.717) is 0 Å². The van der Waals surface area contributed by atoms with E-state index in [4.69, 9.17) is 9.84 Å². The van der Waals surface area contributed by atoms with E-state index in [0.717, 1.165) is 102 Å². The fourth-order valence-corrected chi connectivity index (χ4v) is 6.00. The van der Waals surface area contributed by atoms with Crippen LogP contribution in [-0.2, 0) is 6.42 Å². The Morgan fingerprint density at radius 3 is 2.49 bits per heavy atom. The fraction of sp³-hybridized carbons (Fsp3) is 0.778. The number of piperazine rings is 1. The van der Waals surface area contributed by atoms with Crippen LogP contribution in [0.4, 0.5) is 10.6 Å². The molecule has 1 amide bonds. The van der Waals surface area contributed by atoms with Crippen molar-refractivity contribution in [3.63, 3.8) is 0 Å². The van der Waals surface area contributed by atoms with E-state index in [2.05, 4.69) is 20.1 Å². The largest absolute Gasteiger partial charge is 0.493 e. The molecule has 4 aliphatic rings. The first kappa shape index (κ1) is 26.0. The highest BCUT2D eigenvalue weighted by Crippen LogP contribution is 2.33. The van der Waals surface area contributed by atoms with Crippen molar-refractivity contribution in [3.8, 4) is 5.75 Å². The van der Waals surface area contributed by atoms with Crippen molar-refractivity contribution in [3.05, 3.63) is 17.8 Å². The van der Waals surface area contributed by atoms with Gasteiger partial charge in [0.25, 0.3) is 0 Å². The summed E-state index contributed by atoms with van der Waals surface area (Å²) in [6.07, 6.45) is 13.2. The van der Waals surface area contributed by atoms with Crippen molar-refractivity contribution in [2.45, 2.75) is 89.2 Å². The number of hydrogen-bond acceptors (Lipinski definition) is 6. The number of carbonyl (C=O) groups is 1. The van der Waals surface area contributed by atoms with Crippen LogP contribution in [0, 0.1) is 5.92 Å². The Labute approximate surface area is 210 Å². The highest BCUT2D eigenvalue weighted by atomic mass is 16.5. The lowest BCUT2D eigenvalue weighted by Gasteiger charge is -2.37. The van der Waals surface area contributed by atoms with Gasteiger partial charge in [-0.05, 0) is 70.4 Å². The number of ether oxygens (including phenoxy) is 1. The third-order valence-corrected chi connectivity index (χ3v) is 8.23. The van der Waals surface area contributed by atoms with Gasteiger partial charge in [0, 0.05) is 50.4 Å². The second kappa shape index (κ2) is 12.3. The zero-order valence-corrected chi connectivity index (χ0v) is 21.4. The molecular formula is C27H44N4O4. The summed E-state index contributed by atoms with van der Waals surface area (Å²) in [7, 11) is 0. The highest BCUT2D eigenvalue weighted by molar-refractivity contribution is 5.64. The molecule has 2 aliphatic heterocycles. The lowest BCUT2D eigenvalue weighted by atomic mass is 9.84. The maximum Gasteiger partial charge on any atom is 0.404 e. The van der Waals surface area contributed by atoms with Gasteiger partial charge in [0.05, 0.1) is 12.2 Å². The molecule has 8 heteroatoms. The Morgan fingerprint density at radius 2 is 1.86 bits per heavy atom. The van der Waals surface area contributed by atoms with Crippen LogP contribution in [0.15, 0.2) is 12.3 Å². The maximum atomic E-state index is 10.7. The molecule has 0 spiro atoms. The average Bonchev–Trinajstić information content (AvgIpc) is 3.33. The van der Waals surface area contributed by atoms with E-state index in [1.807, 2.05) is 19.2 Å². The summed E-state index contributed by atoms with van der Waals surface area (Å²) in [6, 6.07) is 2.13. The lowest BCUT2D eigenvalue weighted by Crippen LogP contribution is -2.47. The lowest BCUT2D eigenvalue weighted by molar-refractivity contribution is 0.0225. The first-order chi connectivity index (χ1) is 16.9. The number of nitrogens with zero attached hydrogens (tertiary/aromatic N) is 3. The van der Waals surface area contributed by atoms with Gasteiger partial charge >= 0.3 is 6.09 Å². The number of rotatable bonds is 5. The second-order valence-corrected chi connectivity index (χ2v) is 11.1. The molecule has 196 valence electrons. The molecule has 2 aliphatic carbocycles. The number of nitrogens with one attached hydrogen (secondary N) is 1. The summed E-state index contributed by atoms with van der Waals surface area (Å²) in [5.41, 5.74) is 0.954. The number of amides is 1. The minimum Gasteiger partial charge on any atom is -0.493 e. The van der Waals surface area contributed by atoms with Crippen LogP contribution in [0.2, 0.25) is 0 Å². The average molecular weight is 489 g/mol. The summed E-state index contributed by atoms with van der Waals surface area (Å²) >= 11 is 0. The number of anilines is 1. The number of aliphatic hydroxyl groups is 1. The Bertz CT molecular complexity index is 809. The molecule has 3 heterocycles. The molecule has 0 unspecified atom stereocenters. The van der Waals surface area contributed by atoms with Crippen LogP contribution in [0.3, 0.4) is 0 Å². The Kier molecular flexibility index (Phi) is 9.11. The molecule has 0 radical (unpaired) electrons. The molecule has 1 aromatic rings. The molecule has 2 saturated carbocycles. The molecule has 3 N–H and O–H groups in total. The third-order valence-electron chi connectivity index (χ3n) is 8.23. The number of pyridine rings is 1. The quantitative estimate of drug-likeness (QED) is 0.575. The second-order valence-electron chi connectivity index (χ2n) is 11.1. The predicted molar refractivity (Wildman–Crippen MR) is 137 cm³/mol. The van der Waals surface area contributed by atoms with Crippen LogP contribution >= 0.6 is 0 Å². The molecule has 0 bridgehead atoms. The summed E-state index contributed by atoms with van der Waals surface area (Å²) in [5.74, 6) is 2.87. The summed E-state index contributed by atoms with van der Waals surface area (Å²) < 4.78 is 5.67. The van der Waals surface area contributed by atoms with E-state index in [1.165, 1.54) is 31.2 Å². The van der Waals surface area contributed by atoms with Crippen LogP contribution in [-0.4, -0.2) is 77.2 Å². The SMILES string of the molecule is CC1(O)CCCCC1.O=C(O)NC1CCC(CCN2CCN(c3nccc4c3CCO4)CC2)CC1. The number of hydrogen-bond donors (Lipinski definition) is 3. The highest BCUT2D eigenvalue weighted by Gasteiger charge is 2.26. The number of fused-ring (bicyclic) bond motifs is 1. The van der Waals surface area contributed by atoms with Gasteiger partial charge in [-0.3, -0.25) is 4.90 Å². The monoisotopic (exact) mass is 488 g/mol. The minimum atomic E-state index is -0.888. The molecule has 3 fully saturated rings. The van der Waals surface area contributed by atoms with Crippen LogP contribution in [0.25, 0.3) is 0 Å². The molecular weight excluding hydrogens is 444 g/mol. The summed E-state index contributed by atoms with van der Waals surface area (Å²) in [5, 5.41) is 20.8. The van der Waals surface area contributed by atoms with Gasteiger partial charge in [-0.1, -0.05) is 19.3 Å². The number of carboxylic acid groups (broad SMARTS) is 1. The Morgan fingerprint density at radius 1 is 1.14 bits per heavy atom. The maximum absolute atomic E-state index is 10.7. The molecule has 35 heavy (non-hydrogen) atoms. The van der Waals surface area contributed by atoms with E-state index in [-0.39, 0.29) is 11.6 Å². The standard InChI is InChI=1S/C20H30N4O3.C7H14O/c25-20(26)22-16-3-1-15(2-4-16)6-9-23-10-12-24(13-11-23)19-17-7-14-27-18(17)5-8-21-19;1-7(8)5-3-2-4-6-7/h5,8,15-16,22H,1-4,6-7,9-14H2,(H,25,26);8H,2-6H2,1H3. The first-order valence-electron chi connectivity index (χ1n) is 13.7. The molecule has 0 aromatic carbocycles. The van der Waals surface area contributed by atoms with Crippen LogP contribution in [0.1, 0.15) is 76.7 Å². The van der Waals surface area contributed by atoms with Crippen molar-refractivity contribution in [1.29, 1.82) is 0 Å². The minimum absolute atomic E-state index is 0.159. The molecule has 0 atom stereocenters. The van der Waals surface area contributed by atoms with Crippen LogP contribution in [0.5, 0.6) is 5.75 Å². The van der Waals surface area contributed by atoms with Crippen LogP contribution < -0.4 is 15.0 Å². The van der Waals surface area contributed by atoms with Crippen molar-refractivity contribution in [2.75, 3.05) is 44.2 Å². The molecule has 5 rings (SSSR count). The van der Waals surface area contributed by atoms with Crippen molar-refractivity contribution in [1.82, 2.24) is 15.2 Å². The van der Waals surface area contributed by atoms with E-state index < -0.39 is 6.09 Å². The zero-order valence-electron chi connectivity index (χ0n) is 21.4. The predicted octanol–water partition coefficient (Wildman–Crippen LogP) is 4.06. The van der Waals surface area contributed by atoms with Gasteiger partial charge in [-0.2, -0.15) is 0 Å². The van der Waals surface area contributed by atoms with Crippen molar-refractivity contribution in [2.24, 2.45) is 5.92 Å². The third kappa shape index (κ3) is 7.71. The molecule has 8 nitrogen and oxygen atoms in total. The molecule has 1 saturated heterocycles. The Hall–Kier alpha value is -2.06. The van der Waals surface area contributed by atoms with Gasteiger partial charge in [0.1, 0.15) is 11.6 Å². The van der Waals surface area contributed by atoms with E-state index in [1.54, 1.807) is 0 Å².